The average molecular weight is 340 g/mol. The quantitative estimate of drug-likeness (QED) is 0.749. The molecule has 2 aromatic rings. The van der Waals surface area contributed by atoms with E-state index in [1.54, 1.807) is 12.1 Å². The lowest BCUT2D eigenvalue weighted by Crippen LogP contribution is -2.42. The highest BCUT2D eigenvalue weighted by Gasteiger charge is 2.25. The third-order valence-corrected chi connectivity index (χ3v) is 4.95. The van der Waals surface area contributed by atoms with Crippen LogP contribution >= 0.6 is 0 Å². The Morgan fingerprint density at radius 1 is 1.08 bits per heavy atom. The molecule has 1 amide bonds. The molecule has 0 radical (unpaired) electrons. The van der Waals surface area contributed by atoms with Gasteiger partial charge in [-0.05, 0) is 30.5 Å². The van der Waals surface area contributed by atoms with Gasteiger partial charge in [0.1, 0.15) is 5.56 Å². The molecule has 3 N–H and O–H groups in total. The minimum Gasteiger partial charge on any atom is -0.396 e. The number of aromatic amines is 1. The van der Waals surface area contributed by atoms with E-state index in [0.29, 0.717) is 5.69 Å². The topological polar surface area (TPSA) is 82.2 Å². The zero-order valence-electron chi connectivity index (χ0n) is 14.2. The Morgan fingerprint density at radius 2 is 1.84 bits per heavy atom. The Morgan fingerprint density at radius 3 is 2.56 bits per heavy atom. The number of carbonyl (C=O) groups is 1. The summed E-state index contributed by atoms with van der Waals surface area (Å²) in [5, 5.41) is 12.5. The summed E-state index contributed by atoms with van der Waals surface area (Å²) in [5.74, 6) is -0.305. The van der Waals surface area contributed by atoms with E-state index >= 15 is 0 Å². The number of carbonyl (C=O) groups excluding carboxylic acids is 1. The summed E-state index contributed by atoms with van der Waals surface area (Å²) in [4.78, 5) is 27.7. The van der Waals surface area contributed by atoms with Crippen molar-refractivity contribution in [3.05, 3.63) is 58.4 Å². The highest BCUT2D eigenvalue weighted by atomic mass is 16.3. The summed E-state index contributed by atoms with van der Waals surface area (Å²) in [6.07, 6.45) is 4.98. The monoisotopic (exact) mass is 340 g/mol. The third kappa shape index (κ3) is 4.17. The second-order valence-corrected chi connectivity index (χ2v) is 6.64. The van der Waals surface area contributed by atoms with Gasteiger partial charge in [-0.15, -0.1) is 0 Å². The molecule has 1 heterocycles. The SMILES string of the molecule is O=C(NC1CCCCCC1CO)c1ccc(-c2ccccc2)[nH]c1=O. The minimum atomic E-state index is -0.395. The van der Waals surface area contributed by atoms with Crippen molar-refractivity contribution < 1.29 is 9.90 Å². The first kappa shape index (κ1) is 17.4. The Balaban J connectivity index is 1.77. The smallest absolute Gasteiger partial charge is 0.261 e. The first-order valence-corrected chi connectivity index (χ1v) is 8.89. The predicted molar refractivity (Wildman–Crippen MR) is 97.4 cm³/mol. The van der Waals surface area contributed by atoms with E-state index in [0.717, 1.165) is 37.7 Å². The lowest BCUT2D eigenvalue weighted by molar-refractivity contribution is 0.0898. The molecule has 1 saturated carbocycles. The van der Waals surface area contributed by atoms with Crippen molar-refractivity contribution in [2.75, 3.05) is 6.61 Å². The van der Waals surface area contributed by atoms with Gasteiger partial charge < -0.3 is 15.4 Å². The maximum absolute atomic E-state index is 12.5. The molecule has 0 bridgehead atoms. The van der Waals surface area contributed by atoms with Gasteiger partial charge in [-0.3, -0.25) is 9.59 Å². The van der Waals surface area contributed by atoms with Crippen molar-refractivity contribution >= 4 is 5.91 Å². The first-order valence-electron chi connectivity index (χ1n) is 8.89. The molecule has 1 fully saturated rings. The molecule has 2 unspecified atom stereocenters. The summed E-state index contributed by atoms with van der Waals surface area (Å²) in [7, 11) is 0. The van der Waals surface area contributed by atoms with Crippen LogP contribution in [0.25, 0.3) is 11.3 Å². The molecule has 0 aliphatic heterocycles. The molecule has 1 aromatic carbocycles. The van der Waals surface area contributed by atoms with Crippen LogP contribution in [0.5, 0.6) is 0 Å². The number of nitrogens with one attached hydrogen (secondary N) is 2. The molecular weight excluding hydrogens is 316 g/mol. The summed E-state index contributed by atoms with van der Waals surface area (Å²) >= 11 is 0. The van der Waals surface area contributed by atoms with Crippen LogP contribution in [-0.2, 0) is 0 Å². The fraction of sp³-hybridized carbons (Fsp3) is 0.400. The predicted octanol–water partition coefficient (Wildman–Crippen LogP) is 2.71. The molecule has 132 valence electrons. The highest BCUT2D eigenvalue weighted by molar-refractivity contribution is 5.94. The van der Waals surface area contributed by atoms with Gasteiger partial charge in [0.25, 0.3) is 11.5 Å². The maximum atomic E-state index is 12.5. The largest absolute Gasteiger partial charge is 0.396 e. The number of aromatic nitrogens is 1. The van der Waals surface area contributed by atoms with Crippen molar-refractivity contribution in [1.82, 2.24) is 10.3 Å². The molecule has 5 heteroatoms. The Kier molecular flexibility index (Phi) is 5.66. The molecule has 1 aliphatic rings. The number of H-pyrrole nitrogens is 1. The van der Waals surface area contributed by atoms with Crippen LogP contribution in [0.2, 0.25) is 0 Å². The number of aliphatic hydroxyl groups is 1. The van der Waals surface area contributed by atoms with Crippen LogP contribution in [0.1, 0.15) is 42.5 Å². The zero-order chi connectivity index (χ0) is 17.6. The second-order valence-electron chi connectivity index (χ2n) is 6.64. The van der Waals surface area contributed by atoms with Crippen LogP contribution < -0.4 is 10.9 Å². The zero-order valence-corrected chi connectivity index (χ0v) is 14.2. The number of benzene rings is 1. The lowest BCUT2D eigenvalue weighted by atomic mass is 9.95. The average Bonchev–Trinajstić information content (AvgIpc) is 2.87. The second kappa shape index (κ2) is 8.12. The van der Waals surface area contributed by atoms with Crippen LogP contribution in [0, 0.1) is 5.92 Å². The maximum Gasteiger partial charge on any atom is 0.261 e. The number of hydrogen-bond acceptors (Lipinski definition) is 3. The fourth-order valence-electron chi connectivity index (χ4n) is 3.48. The number of pyridine rings is 1. The van der Waals surface area contributed by atoms with E-state index in [-0.39, 0.29) is 30.0 Å². The molecule has 1 aromatic heterocycles. The minimum absolute atomic E-state index is 0.0637. The van der Waals surface area contributed by atoms with Crippen molar-refractivity contribution in [2.45, 2.75) is 38.1 Å². The summed E-state index contributed by atoms with van der Waals surface area (Å²) in [6.45, 7) is 0.0637. The van der Waals surface area contributed by atoms with Crippen LogP contribution in [0.3, 0.4) is 0 Å². The summed E-state index contributed by atoms with van der Waals surface area (Å²) in [6, 6.07) is 12.8. The molecule has 0 spiro atoms. The molecule has 25 heavy (non-hydrogen) atoms. The Hall–Kier alpha value is -2.40. The van der Waals surface area contributed by atoms with Gasteiger partial charge in [0.2, 0.25) is 0 Å². The van der Waals surface area contributed by atoms with Crippen LogP contribution in [-0.4, -0.2) is 28.6 Å². The molecule has 5 nitrogen and oxygen atoms in total. The normalized spacial score (nSPS) is 20.7. The Bertz CT molecular complexity index is 770. The lowest BCUT2D eigenvalue weighted by Gasteiger charge is -2.24. The van der Waals surface area contributed by atoms with E-state index in [1.165, 1.54) is 0 Å². The van der Waals surface area contributed by atoms with E-state index in [2.05, 4.69) is 10.3 Å². The number of amides is 1. The fourth-order valence-corrected chi connectivity index (χ4v) is 3.48. The first-order chi connectivity index (χ1) is 12.2. The van der Waals surface area contributed by atoms with E-state index in [9.17, 15) is 14.7 Å². The summed E-state index contributed by atoms with van der Waals surface area (Å²) in [5.41, 5.74) is 1.30. The number of rotatable bonds is 4. The van der Waals surface area contributed by atoms with Gasteiger partial charge >= 0.3 is 0 Å². The van der Waals surface area contributed by atoms with Crippen molar-refractivity contribution in [2.24, 2.45) is 5.92 Å². The molecule has 1 aliphatic carbocycles. The molecule has 3 rings (SSSR count). The Labute approximate surface area is 147 Å². The van der Waals surface area contributed by atoms with Crippen LogP contribution in [0.4, 0.5) is 0 Å². The third-order valence-electron chi connectivity index (χ3n) is 4.95. The molecular formula is C20H24N2O3. The van der Waals surface area contributed by atoms with Gasteiger partial charge in [0, 0.05) is 24.3 Å². The number of hydrogen-bond donors (Lipinski definition) is 3. The highest BCUT2D eigenvalue weighted by Crippen LogP contribution is 2.23. The van der Waals surface area contributed by atoms with E-state index in [1.807, 2.05) is 30.3 Å². The van der Waals surface area contributed by atoms with Crippen molar-refractivity contribution in [3.63, 3.8) is 0 Å². The van der Waals surface area contributed by atoms with Gasteiger partial charge in [0.15, 0.2) is 0 Å². The van der Waals surface area contributed by atoms with Crippen molar-refractivity contribution in [3.8, 4) is 11.3 Å². The van der Waals surface area contributed by atoms with Gasteiger partial charge in [-0.25, -0.2) is 0 Å². The van der Waals surface area contributed by atoms with Gasteiger partial charge in [0.05, 0.1) is 0 Å². The van der Waals surface area contributed by atoms with Crippen molar-refractivity contribution in [1.29, 1.82) is 0 Å². The summed E-state index contributed by atoms with van der Waals surface area (Å²) < 4.78 is 0. The number of aliphatic hydroxyl groups excluding tert-OH is 1. The molecule has 2 atom stereocenters. The van der Waals surface area contributed by atoms with Gasteiger partial charge in [-0.1, -0.05) is 49.6 Å². The van der Waals surface area contributed by atoms with Crippen LogP contribution in [0.15, 0.2) is 47.3 Å². The van der Waals surface area contributed by atoms with E-state index < -0.39 is 5.56 Å². The van der Waals surface area contributed by atoms with E-state index in [4.69, 9.17) is 0 Å². The standard InChI is InChI=1S/C20H24N2O3/c23-13-15-9-5-2-6-10-17(15)21-19(24)16-11-12-18(22-20(16)25)14-7-3-1-4-8-14/h1,3-4,7-8,11-12,15,17,23H,2,5-6,9-10,13H2,(H,21,24)(H,22,25). The van der Waals surface area contributed by atoms with Gasteiger partial charge in [-0.2, -0.15) is 0 Å². The molecule has 0 saturated heterocycles.